The van der Waals surface area contributed by atoms with Crippen LogP contribution < -0.4 is 10.0 Å². The van der Waals surface area contributed by atoms with Crippen molar-refractivity contribution < 1.29 is 24.4 Å². The lowest BCUT2D eigenvalue weighted by Crippen LogP contribution is -2.49. The number of para-hydroxylation sites is 2. The zero-order valence-electron chi connectivity index (χ0n) is 33.0. The summed E-state index contributed by atoms with van der Waals surface area (Å²) in [5.41, 5.74) is 13.1. The molecule has 0 amide bonds. The third-order valence-corrected chi connectivity index (χ3v) is 13.8. The zero-order valence-corrected chi connectivity index (χ0v) is 33.0. The number of fused-ring (bicyclic) bond motifs is 1. The molecule has 4 aromatic carbocycles. The van der Waals surface area contributed by atoms with Gasteiger partial charge in [-0.1, -0.05) is 103 Å². The van der Waals surface area contributed by atoms with Gasteiger partial charge in [0.2, 0.25) is 5.69 Å². The maximum absolute atomic E-state index is 14.8. The average molecular weight is 719 g/mol. The Morgan fingerprint density at radius 2 is 1.22 bits per heavy atom. The first-order chi connectivity index (χ1) is 25.5. The van der Waals surface area contributed by atoms with E-state index in [2.05, 4.69) is 106 Å². The van der Waals surface area contributed by atoms with Crippen LogP contribution in [0.25, 0.3) is 5.57 Å². The van der Waals surface area contributed by atoms with Crippen LogP contribution in [-0.4, -0.2) is 33.7 Å². The highest BCUT2D eigenvalue weighted by atomic mass is 16.4. The van der Waals surface area contributed by atoms with Gasteiger partial charge in [-0.25, -0.2) is 4.79 Å². The van der Waals surface area contributed by atoms with Crippen LogP contribution in [0.4, 0.5) is 22.7 Å². The second-order valence-corrected chi connectivity index (χ2v) is 18.3. The number of rotatable bonds is 8. The van der Waals surface area contributed by atoms with Gasteiger partial charge in [-0.3, -0.25) is 4.79 Å². The molecule has 4 aliphatic heterocycles. The van der Waals surface area contributed by atoms with Crippen LogP contribution in [-0.2, 0) is 26.5 Å². The summed E-state index contributed by atoms with van der Waals surface area (Å²) >= 11 is 0. The van der Waals surface area contributed by atoms with Gasteiger partial charge in [0.05, 0.1) is 28.0 Å². The van der Waals surface area contributed by atoms with Gasteiger partial charge < -0.3 is 15.1 Å². The van der Waals surface area contributed by atoms with Crippen molar-refractivity contribution in [3.05, 3.63) is 123 Å². The Bertz CT molecular complexity index is 2370. The molecule has 0 saturated heterocycles. The third-order valence-electron chi connectivity index (χ3n) is 13.8. The van der Waals surface area contributed by atoms with Crippen LogP contribution >= 0.6 is 0 Å². The van der Waals surface area contributed by atoms with E-state index in [0.717, 1.165) is 53.8 Å². The van der Waals surface area contributed by atoms with Gasteiger partial charge in [-0.15, -0.1) is 0 Å². The zero-order chi connectivity index (χ0) is 38.4. The number of unbranched alkanes of at least 4 members (excludes halogenated alkanes) is 3. The number of carbonyl (C=O) groups is 2. The molecule has 1 N–H and O–H groups in total. The van der Waals surface area contributed by atoms with Gasteiger partial charge in [0.1, 0.15) is 12.5 Å². The standard InChI is InChI=1S/C48H50N2O4/c1-10-11-12-13-22-49-35-21-20-26(44(53)54)23-32(35)48(8,9)43(49)37-41(51)36(42(37)52)27-24-33-40-34(25-27)47(6,7)31-19-15-17-29-39(31)50(40)38-28(45(29,2)3)16-14-18-30(38)46(33,4)5/h14-21,23-25,37H,10-13,22H2,1-9H3,(H-,51,52,53,54). The van der Waals surface area contributed by atoms with E-state index in [1.54, 1.807) is 12.1 Å². The molecule has 1 atom stereocenters. The highest BCUT2D eigenvalue weighted by Crippen LogP contribution is 2.66. The molecular weight excluding hydrogens is 669 g/mol. The lowest BCUT2D eigenvalue weighted by Gasteiger charge is -2.55. The molecule has 276 valence electrons. The quantitative estimate of drug-likeness (QED) is 0.145. The number of carboxylic acid groups (broad SMARTS) is 1. The largest absolute Gasteiger partial charge is 0.874 e. The molecule has 0 bridgehead atoms. The molecule has 0 spiro atoms. The molecule has 9 rings (SSSR count). The smallest absolute Gasteiger partial charge is 0.335 e. The summed E-state index contributed by atoms with van der Waals surface area (Å²) < 4.78 is 2.16. The molecule has 4 heterocycles. The minimum atomic E-state index is -0.990. The van der Waals surface area contributed by atoms with Crippen molar-refractivity contribution in [1.82, 2.24) is 0 Å². The van der Waals surface area contributed by atoms with E-state index >= 15 is 0 Å². The van der Waals surface area contributed by atoms with Crippen molar-refractivity contribution in [1.29, 1.82) is 0 Å². The summed E-state index contributed by atoms with van der Waals surface area (Å²) in [6.07, 6.45) is 4.17. The average Bonchev–Trinajstić information content (AvgIpc) is 3.33. The fourth-order valence-corrected chi connectivity index (χ4v) is 10.8. The van der Waals surface area contributed by atoms with Crippen molar-refractivity contribution in [3.63, 3.8) is 0 Å². The molecule has 4 aromatic rings. The lowest BCUT2D eigenvalue weighted by molar-refractivity contribution is -0.442. The van der Waals surface area contributed by atoms with Crippen molar-refractivity contribution >= 4 is 45.8 Å². The lowest BCUT2D eigenvalue weighted by atomic mass is 9.60. The molecule has 5 aliphatic rings. The molecule has 0 fully saturated rings. The summed E-state index contributed by atoms with van der Waals surface area (Å²) in [6.45, 7) is 20.7. The van der Waals surface area contributed by atoms with E-state index in [9.17, 15) is 19.8 Å². The Morgan fingerprint density at radius 1 is 0.704 bits per heavy atom. The van der Waals surface area contributed by atoms with E-state index in [4.69, 9.17) is 0 Å². The van der Waals surface area contributed by atoms with Crippen LogP contribution in [0.5, 0.6) is 0 Å². The summed E-state index contributed by atoms with van der Waals surface area (Å²) in [7, 11) is 0. The molecule has 6 heteroatoms. The third kappa shape index (κ3) is 4.20. The maximum atomic E-state index is 14.8. The topological polar surface area (TPSA) is 83.7 Å². The molecule has 6 nitrogen and oxygen atoms in total. The van der Waals surface area contributed by atoms with E-state index < -0.39 is 28.1 Å². The highest BCUT2D eigenvalue weighted by molar-refractivity contribution is 6.37. The summed E-state index contributed by atoms with van der Waals surface area (Å²) in [6, 6.07) is 22.9. The first kappa shape index (κ1) is 34.8. The van der Waals surface area contributed by atoms with Gasteiger partial charge >= 0.3 is 5.97 Å². The minimum Gasteiger partial charge on any atom is -0.874 e. The number of benzene rings is 4. The van der Waals surface area contributed by atoms with Crippen LogP contribution in [0.2, 0.25) is 0 Å². The second-order valence-electron chi connectivity index (χ2n) is 18.3. The van der Waals surface area contributed by atoms with Crippen LogP contribution in [0.1, 0.15) is 143 Å². The normalized spacial score (nSPS) is 21.2. The van der Waals surface area contributed by atoms with Crippen molar-refractivity contribution in [2.24, 2.45) is 5.92 Å². The Morgan fingerprint density at radius 3 is 1.72 bits per heavy atom. The van der Waals surface area contributed by atoms with Gasteiger partial charge in [0, 0.05) is 39.9 Å². The molecule has 54 heavy (non-hydrogen) atoms. The Labute approximate surface area is 318 Å². The molecule has 1 unspecified atom stereocenters. The predicted octanol–water partition coefficient (Wildman–Crippen LogP) is 9.70. The fraction of sp³-hybridized carbons (Fsp3) is 0.396. The number of allylic oxidation sites excluding steroid dienone is 2. The Hall–Kier alpha value is -4.97. The van der Waals surface area contributed by atoms with E-state index in [0.29, 0.717) is 12.1 Å². The number of carboxylic acids is 1. The SMILES string of the molecule is CCCCCC[N+]1=C(C2C(=O)C(c3cc4c5c(c3)C(C)(C)c3cccc6c3N5c3c(cccc3C4(C)C)C6(C)C)=C2[O-])C(C)(C)c2cc(C(=O)O)ccc21. The van der Waals surface area contributed by atoms with E-state index in [-0.39, 0.29) is 28.1 Å². The number of hydrogen-bond acceptors (Lipinski definition) is 4. The monoisotopic (exact) mass is 718 g/mol. The fourth-order valence-electron chi connectivity index (χ4n) is 10.8. The van der Waals surface area contributed by atoms with Crippen LogP contribution in [0.15, 0.2) is 72.5 Å². The summed E-state index contributed by atoms with van der Waals surface area (Å²) in [5.74, 6) is -2.19. The Kier molecular flexibility index (Phi) is 7.12. The maximum Gasteiger partial charge on any atom is 0.335 e. The molecular formula is C48H50N2O4. The van der Waals surface area contributed by atoms with E-state index in [1.807, 2.05) is 19.9 Å². The van der Waals surface area contributed by atoms with Crippen LogP contribution in [0, 0.1) is 5.92 Å². The summed E-state index contributed by atoms with van der Waals surface area (Å²) in [5, 5.41) is 24.6. The number of Topliss-reactive ketones (excluding diaryl/α,β-unsaturated/α-hetero) is 1. The number of aromatic carboxylic acids is 1. The van der Waals surface area contributed by atoms with Crippen molar-refractivity contribution in [2.75, 3.05) is 11.4 Å². The molecule has 0 radical (unpaired) electrons. The Balaban J connectivity index is 1.23. The number of nitrogens with zero attached hydrogens (tertiary/aromatic N) is 2. The first-order valence-electron chi connectivity index (χ1n) is 19.7. The van der Waals surface area contributed by atoms with Crippen molar-refractivity contribution in [2.45, 2.75) is 110 Å². The number of ketones is 1. The van der Waals surface area contributed by atoms with Gasteiger partial charge in [0.25, 0.3) is 0 Å². The molecule has 0 saturated carbocycles. The van der Waals surface area contributed by atoms with Crippen LogP contribution in [0.3, 0.4) is 0 Å². The predicted molar refractivity (Wildman–Crippen MR) is 213 cm³/mol. The number of anilines is 3. The molecule has 1 aliphatic carbocycles. The summed E-state index contributed by atoms with van der Waals surface area (Å²) in [4.78, 5) is 29.3. The van der Waals surface area contributed by atoms with E-state index in [1.165, 1.54) is 39.3 Å². The number of hydrogen-bond donors (Lipinski definition) is 1. The minimum absolute atomic E-state index is 0.146. The number of carbonyl (C=O) groups excluding carboxylic acids is 1. The van der Waals surface area contributed by atoms with Gasteiger partial charge in [-0.05, 0) is 83.5 Å². The highest BCUT2D eigenvalue weighted by Gasteiger charge is 2.56. The first-order valence-corrected chi connectivity index (χ1v) is 19.7. The van der Waals surface area contributed by atoms with Gasteiger partial charge in [0.15, 0.2) is 11.5 Å². The van der Waals surface area contributed by atoms with Crippen molar-refractivity contribution in [3.8, 4) is 0 Å². The second kappa shape index (κ2) is 11.1. The van der Waals surface area contributed by atoms with Gasteiger partial charge in [-0.2, -0.15) is 4.58 Å². The molecule has 0 aromatic heterocycles.